The zero-order valence-corrected chi connectivity index (χ0v) is 15.7. The van der Waals surface area contributed by atoms with Gasteiger partial charge in [0.05, 0.1) is 16.8 Å². The number of alkyl halides is 3. The van der Waals surface area contributed by atoms with E-state index in [2.05, 4.69) is 10.6 Å². The third-order valence-corrected chi connectivity index (χ3v) is 4.49. The molecule has 1 unspecified atom stereocenters. The van der Waals surface area contributed by atoms with Crippen molar-refractivity contribution < 1.29 is 27.2 Å². The lowest BCUT2D eigenvalue weighted by molar-refractivity contribution is -0.137. The highest BCUT2D eigenvalue weighted by Gasteiger charge is 2.33. The second-order valence-electron chi connectivity index (χ2n) is 5.47. The zero-order valence-electron chi connectivity index (χ0n) is 14.1. The average Bonchev–Trinajstić information content (AvgIpc) is 3.13. The summed E-state index contributed by atoms with van der Waals surface area (Å²) < 4.78 is 43.8. The number of benzene rings is 1. The van der Waals surface area contributed by atoms with Crippen LogP contribution in [0.15, 0.2) is 41.0 Å². The van der Waals surface area contributed by atoms with Crippen molar-refractivity contribution >= 4 is 40.9 Å². The summed E-state index contributed by atoms with van der Waals surface area (Å²) in [7, 11) is 0. The standard InChI is InChI=1S/C17H16ClF3N2O3S/c1-27-8-6-13(23-16(25)14-3-2-7-26-14)15(24)22-10-4-5-12(18)11(9-10)17(19,20)21/h2-5,7,9,13H,6,8H2,1H3,(H,22,24)(H,23,25). The summed E-state index contributed by atoms with van der Waals surface area (Å²) in [5, 5.41) is 4.45. The molecule has 0 fully saturated rings. The van der Waals surface area contributed by atoms with Gasteiger partial charge < -0.3 is 15.1 Å². The molecule has 0 aliphatic rings. The van der Waals surface area contributed by atoms with Gasteiger partial charge >= 0.3 is 6.18 Å². The Morgan fingerprint density at radius 1 is 1.30 bits per heavy atom. The topological polar surface area (TPSA) is 71.3 Å². The first-order valence-electron chi connectivity index (χ1n) is 7.73. The molecule has 0 aliphatic heterocycles. The number of halogens is 4. The summed E-state index contributed by atoms with van der Waals surface area (Å²) >= 11 is 7.04. The number of rotatable bonds is 7. The number of carbonyl (C=O) groups is 2. The number of hydrogen-bond acceptors (Lipinski definition) is 4. The quantitative estimate of drug-likeness (QED) is 0.694. The molecule has 0 radical (unpaired) electrons. The fraction of sp³-hybridized carbons (Fsp3) is 0.294. The van der Waals surface area contributed by atoms with Gasteiger partial charge in [-0.15, -0.1) is 0 Å². The maximum atomic E-state index is 13.0. The molecule has 0 aliphatic carbocycles. The molecule has 2 aromatic rings. The Balaban J connectivity index is 2.14. The van der Waals surface area contributed by atoms with Crippen LogP contribution in [0.3, 0.4) is 0 Å². The van der Waals surface area contributed by atoms with E-state index in [1.165, 1.54) is 36.2 Å². The van der Waals surface area contributed by atoms with E-state index < -0.39 is 34.6 Å². The van der Waals surface area contributed by atoms with Crippen molar-refractivity contribution in [3.63, 3.8) is 0 Å². The summed E-state index contributed by atoms with van der Waals surface area (Å²) in [6.45, 7) is 0. The van der Waals surface area contributed by atoms with Crippen LogP contribution in [0.4, 0.5) is 18.9 Å². The molecule has 1 aromatic carbocycles. The maximum Gasteiger partial charge on any atom is 0.417 e. The van der Waals surface area contributed by atoms with E-state index in [4.69, 9.17) is 16.0 Å². The molecule has 5 nitrogen and oxygen atoms in total. The minimum atomic E-state index is -4.65. The highest BCUT2D eigenvalue weighted by molar-refractivity contribution is 7.98. The van der Waals surface area contributed by atoms with Gasteiger partial charge in [-0.25, -0.2) is 0 Å². The predicted molar refractivity (Wildman–Crippen MR) is 98.0 cm³/mol. The monoisotopic (exact) mass is 420 g/mol. The minimum absolute atomic E-state index is 0.0304. The van der Waals surface area contributed by atoms with Crippen LogP contribution >= 0.6 is 23.4 Å². The van der Waals surface area contributed by atoms with Crippen molar-refractivity contribution in [1.82, 2.24) is 5.32 Å². The van der Waals surface area contributed by atoms with E-state index in [1.807, 2.05) is 6.26 Å². The lowest BCUT2D eigenvalue weighted by Crippen LogP contribution is -2.44. The molecule has 1 aromatic heterocycles. The number of anilines is 1. The van der Waals surface area contributed by atoms with Crippen molar-refractivity contribution in [3.05, 3.63) is 52.9 Å². The van der Waals surface area contributed by atoms with Gasteiger partial charge in [-0.2, -0.15) is 24.9 Å². The molecule has 0 saturated heterocycles. The first-order chi connectivity index (χ1) is 12.7. The van der Waals surface area contributed by atoms with Gasteiger partial charge in [0.1, 0.15) is 6.04 Å². The van der Waals surface area contributed by atoms with E-state index in [1.54, 1.807) is 0 Å². The van der Waals surface area contributed by atoms with Crippen molar-refractivity contribution in [2.75, 3.05) is 17.3 Å². The molecule has 2 amide bonds. The van der Waals surface area contributed by atoms with Crippen LogP contribution in [0.1, 0.15) is 22.5 Å². The van der Waals surface area contributed by atoms with E-state index in [9.17, 15) is 22.8 Å². The molecule has 0 saturated carbocycles. The van der Waals surface area contributed by atoms with Crippen LogP contribution in [-0.4, -0.2) is 29.9 Å². The van der Waals surface area contributed by atoms with Crippen LogP contribution in [0.25, 0.3) is 0 Å². The lowest BCUT2D eigenvalue weighted by Gasteiger charge is -2.18. The molecular formula is C17H16ClF3N2O3S. The second-order valence-corrected chi connectivity index (χ2v) is 6.86. The number of amides is 2. The number of carbonyl (C=O) groups excluding carboxylic acids is 2. The largest absolute Gasteiger partial charge is 0.459 e. The highest BCUT2D eigenvalue weighted by atomic mass is 35.5. The molecule has 2 N–H and O–H groups in total. The summed E-state index contributed by atoms with van der Waals surface area (Å²) in [6.07, 6.45) is -1.21. The van der Waals surface area contributed by atoms with Crippen molar-refractivity contribution in [3.8, 4) is 0 Å². The average molecular weight is 421 g/mol. The van der Waals surface area contributed by atoms with Gasteiger partial charge in [-0.3, -0.25) is 9.59 Å². The Labute approximate surface area is 162 Å². The molecule has 10 heteroatoms. The molecule has 0 spiro atoms. The Hall–Kier alpha value is -2.13. The van der Waals surface area contributed by atoms with E-state index in [-0.39, 0.29) is 11.4 Å². The fourth-order valence-electron chi connectivity index (χ4n) is 2.19. The van der Waals surface area contributed by atoms with Crippen LogP contribution in [-0.2, 0) is 11.0 Å². The minimum Gasteiger partial charge on any atom is -0.459 e. The van der Waals surface area contributed by atoms with Crippen LogP contribution in [0.5, 0.6) is 0 Å². The Morgan fingerprint density at radius 3 is 2.63 bits per heavy atom. The molecule has 1 heterocycles. The molecule has 0 bridgehead atoms. The van der Waals surface area contributed by atoms with Crippen LogP contribution < -0.4 is 10.6 Å². The Kier molecular flexibility index (Phi) is 7.20. The normalized spacial score (nSPS) is 12.5. The highest BCUT2D eigenvalue weighted by Crippen LogP contribution is 2.36. The van der Waals surface area contributed by atoms with Crippen molar-refractivity contribution in [2.45, 2.75) is 18.6 Å². The Bertz CT molecular complexity index is 797. The van der Waals surface area contributed by atoms with E-state index >= 15 is 0 Å². The molecule has 1 atom stereocenters. The van der Waals surface area contributed by atoms with E-state index in [0.29, 0.717) is 12.2 Å². The molecule has 146 valence electrons. The second kappa shape index (κ2) is 9.18. The van der Waals surface area contributed by atoms with Gasteiger partial charge in [0.2, 0.25) is 5.91 Å². The number of nitrogens with one attached hydrogen (secondary N) is 2. The Morgan fingerprint density at radius 2 is 2.04 bits per heavy atom. The lowest BCUT2D eigenvalue weighted by atomic mass is 10.1. The summed E-state index contributed by atoms with van der Waals surface area (Å²) in [4.78, 5) is 24.6. The molecule has 27 heavy (non-hydrogen) atoms. The van der Waals surface area contributed by atoms with Gasteiger partial charge in [-0.05, 0) is 48.8 Å². The summed E-state index contributed by atoms with van der Waals surface area (Å²) in [5.74, 6) is -0.638. The van der Waals surface area contributed by atoms with Gasteiger partial charge in [-0.1, -0.05) is 11.6 Å². The number of thioether (sulfide) groups is 1. The number of furan rings is 1. The first kappa shape index (κ1) is 21.2. The van der Waals surface area contributed by atoms with Crippen molar-refractivity contribution in [2.24, 2.45) is 0 Å². The summed E-state index contributed by atoms with van der Waals surface area (Å²) in [5.41, 5.74) is -1.12. The first-order valence-corrected chi connectivity index (χ1v) is 9.50. The van der Waals surface area contributed by atoms with Gasteiger partial charge in [0.25, 0.3) is 5.91 Å². The molecular weight excluding hydrogens is 405 g/mol. The van der Waals surface area contributed by atoms with E-state index in [0.717, 1.165) is 12.1 Å². The maximum absolute atomic E-state index is 13.0. The van der Waals surface area contributed by atoms with Crippen LogP contribution in [0.2, 0.25) is 5.02 Å². The third kappa shape index (κ3) is 5.93. The SMILES string of the molecule is CSCCC(NC(=O)c1ccco1)C(=O)Nc1ccc(Cl)c(C(F)(F)F)c1. The van der Waals surface area contributed by atoms with Crippen LogP contribution in [0, 0.1) is 0 Å². The predicted octanol–water partition coefficient (Wildman–Crippen LogP) is 4.44. The van der Waals surface area contributed by atoms with Crippen molar-refractivity contribution in [1.29, 1.82) is 0 Å². The third-order valence-electron chi connectivity index (χ3n) is 3.52. The smallest absolute Gasteiger partial charge is 0.417 e. The van der Waals surface area contributed by atoms with Gasteiger partial charge in [0, 0.05) is 5.69 Å². The molecule has 2 rings (SSSR count). The summed E-state index contributed by atoms with van der Waals surface area (Å²) in [6, 6.07) is 5.08. The number of hydrogen-bond donors (Lipinski definition) is 2. The fourth-order valence-corrected chi connectivity index (χ4v) is 2.89. The zero-order chi connectivity index (χ0) is 20.0. The van der Waals surface area contributed by atoms with Gasteiger partial charge in [0.15, 0.2) is 5.76 Å².